The van der Waals surface area contributed by atoms with Gasteiger partial charge >= 0.3 is 0 Å². The van der Waals surface area contributed by atoms with Crippen LogP contribution in [0.3, 0.4) is 0 Å². The minimum Gasteiger partial charge on any atom is -0.352 e. The van der Waals surface area contributed by atoms with Crippen molar-refractivity contribution < 1.29 is 9.59 Å². The Morgan fingerprint density at radius 2 is 1.69 bits per heavy atom. The molecule has 0 aliphatic carbocycles. The molecule has 2 aromatic carbocycles. The summed E-state index contributed by atoms with van der Waals surface area (Å²) < 4.78 is 0.976. The Labute approximate surface area is 190 Å². The average Bonchev–Trinajstić information content (AvgIpc) is 2.68. The van der Waals surface area contributed by atoms with Crippen molar-refractivity contribution >= 4 is 51.1 Å². The summed E-state index contributed by atoms with van der Waals surface area (Å²) >= 11 is 10.9. The molecule has 0 saturated heterocycles. The number of nitrogens with one attached hydrogen (secondary N) is 1. The first kappa shape index (κ1) is 23.8. The molecule has 29 heavy (non-hydrogen) atoms. The van der Waals surface area contributed by atoms with Gasteiger partial charge in [0.2, 0.25) is 11.8 Å². The molecule has 0 aliphatic rings. The van der Waals surface area contributed by atoms with Gasteiger partial charge in [0.25, 0.3) is 0 Å². The zero-order valence-electron chi connectivity index (χ0n) is 16.8. The van der Waals surface area contributed by atoms with Gasteiger partial charge in [-0.15, -0.1) is 11.8 Å². The van der Waals surface area contributed by atoms with E-state index in [4.69, 9.17) is 11.6 Å². The normalized spacial score (nSPS) is 11.9. The number of hydrogen-bond donors (Lipinski definition) is 1. The first-order chi connectivity index (χ1) is 13.8. The van der Waals surface area contributed by atoms with Gasteiger partial charge in [-0.25, -0.2) is 0 Å². The zero-order valence-corrected chi connectivity index (χ0v) is 20.0. The summed E-state index contributed by atoms with van der Waals surface area (Å²) in [5, 5.41) is 3.59. The maximum absolute atomic E-state index is 13.0. The second-order valence-electron chi connectivity index (χ2n) is 7.04. The number of nitrogens with zero attached hydrogens (tertiary/aromatic N) is 1. The largest absolute Gasteiger partial charge is 0.352 e. The van der Waals surface area contributed by atoms with Crippen LogP contribution in [0.1, 0.15) is 32.8 Å². The van der Waals surface area contributed by atoms with E-state index in [-0.39, 0.29) is 17.9 Å². The average molecular weight is 498 g/mol. The van der Waals surface area contributed by atoms with Crippen molar-refractivity contribution in [2.24, 2.45) is 0 Å². The minimum atomic E-state index is -0.547. The van der Waals surface area contributed by atoms with Crippen LogP contribution in [0, 0.1) is 0 Å². The van der Waals surface area contributed by atoms with Crippen LogP contribution in [-0.2, 0) is 16.1 Å². The van der Waals surface area contributed by atoms with E-state index in [1.54, 1.807) is 23.6 Å². The topological polar surface area (TPSA) is 49.4 Å². The van der Waals surface area contributed by atoms with E-state index in [0.717, 1.165) is 14.9 Å². The maximum Gasteiger partial charge on any atom is 0.242 e. The van der Waals surface area contributed by atoms with E-state index in [1.165, 1.54) is 0 Å². The van der Waals surface area contributed by atoms with Crippen LogP contribution >= 0.6 is 39.3 Å². The van der Waals surface area contributed by atoms with Crippen molar-refractivity contribution in [1.82, 2.24) is 10.2 Å². The first-order valence-corrected chi connectivity index (χ1v) is 11.6. The molecule has 1 atom stereocenters. The molecule has 4 nitrogen and oxygen atoms in total. The number of benzene rings is 2. The van der Waals surface area contributed by atoms with Gasteiger partial charge < -0.3 is 10.2 Å². The summed E-state index contributed by atoms with van der Waals surface area (Å²) in [6.45, 7) is 5.99. The van der Waals surface area contributed by atoms with E-state index >= 15 is 0 Å². The van der Waals surface area contributed by atoms with Gasteiger partial charge in [-0.05, 0) is 62.7 Å². The van der Waals surface area contributed by atoms with Crippen LogP contribution in [0.2, 0.25) is 5.02 Å². The minimum absolute atomic E-state index is 0.0232. The number of carbonyl (C=O) groups excluding carboxylic acids is 2. The molecule has 0 fully saturated rings. The summed E-state index contributed by atoms with van der Waals surface area (Å²) in [5.74, 6) is 0.451. The Balaban J connectivity index is 2.05. The summed E-state index contributed by atoms with van der Waals surface area (Å²) in [4.78, 5) is 28.3. The molecule has 0 aromatic heterocycles. The predicted molar refractivity (Wildman–Crippen MR) is 124 cm³/mol. The van der Waals surface area contributed by atoms with Gasteiger partial charge in [0, 0.05) is 39.2 Å². The van der Waals surface area contributed by atoms with Crippen LogP contribution in [0.15, 0.2) is 57.9 Å². The number of carbonyl (C=O) groups is 2. The molecule has 0 aliphatic heterocycles. The van der Waals surface area contributed by atoms with Crippen LogP contribution < -0.4 is 5.32 Å². The van der Waals surface area contributed by atoms with Crippen LogP contribution in [-0.4, -0.2) is 34.6 Å². The fourth-order valence-electron chi connectivity index (χ4n) is 2.70. The SMILES string of the molecule is CC(C)NC(=O)[C@@H](C)N(Cc1ccc(Br)cc1)C(=O)CCSc1ccc(Cl)cc1. The van der Waals surface area contributed by atoms with E-state index in [9.17, 15) is 9.59 Å². The standard InChI is InChI=1S/C22H26BrClN2O2S/c1-15(2)25-22(28)16(3)26(14-17-4-6-18(23)7-5-17)21(27)12-13-29-20-10-8-19(24)9-11-20/h4-11,15-16H,12-14H2,1-3H3,(H,25,28)/t16-/m1/s1. The summed E-state index contributed by atoms with van der Waals surface area (Å²) in [5.41, 5.74) is 0.983. The predicted octanol–water partition coefficient (Wildman–Crippen LogP) is 5.53. The van der Waals surface area contributed by atoms with E-state index in [1.807, 2.05) is 62.4 Å². The highest BCUT2D eigenvalue weighted by Gasteiger charge is 2.26. The molecule has 0 radical (unpaired) electrons. The zero-order chi connectivity index (χ0) is 21.4. The van der Waals surface area contributed by atoms with Gasteiger partial charge in [-0.3, -0.25) is 9.59 Å². The Hall–Kier alpha value is -1.50. The van der Waals surface area contributed by atoms with Crippen molar-refractivity contribution in [1.29, 1.82) is 0 Å². The third kappa shape index (κ3) is 8.03. The Kier molecular flexibility index (Phi) is 9.53. The summed E-state index contributed by atoms with van der Waals surface area (Å²) in [6, 6.07) is 14.8. The smallest absolute Gasteiger partial charge is 0.242 e. The lowest BCUT2D eigenvalue weighted by molar-refractivity contribution is -0.140. The third-order valence-corrected chi connectivity index (χ3v) is 6.06. The molecule has 156 valence electrons. The Morgan fingerprint density at radius 1 is 1.07 bits per heavy atom. The molecule has 0 heterocycles. The second-order valence-corrected chi connectivity index (χ2v) is 9.56. The fourth-order valence-corrected chi connectivity index (χ4v) is 3.94. The molecule has 2 amide bonds. The number of halogens is 2. The fraction of sp³-hybridized carbons (Fsp3) is 0.364. The lowest BCUT2D eigenvalue weighted by atomic mass is 10.1. The van der Waals surface area contributed by atoms with Crippen molar-refractivity contribution in [2.75, 3.05) is 5.75 Å². The molecular weight excluding hydrogens is 472 g/mol. The lowest BCUT2D eigenvalue weighted by Gasteiger charge is -2.29. The van der Waals surface area contributed by atoms with Crippen molar-refractivity contribution in [2.45, 2.75) is 50.7 Å². The van der Waals surface area contributed by atoms with Crippen LogP contribution in [0.4, 0.5) is 0 Å². The van der Waals surface area contributed by atoms with Crippen LogP contribution in [0.25, 0.3) is 0 Å². The first-order valence-electron chi connectivity index (χ1n) is 9.49. The lowest BCUT2D eigenvalue weighted by Crippen LogP contribution is -2.49. The van der Waals surface area contributed by atoms with Gasteiger partial charge in [0.1, 0.15) is 6.04 Å². The molecule has 0 saturated carbocycles. The van der Waals surface area contributed by atoms with Gasteiger partial charge in [-0.2, -0.15) is 0 Å². The van der Waals surface area contributed by atoms with E-state index in [0.29, 0.717) is 23.7 Å². The Morgan fingerprint density at radius 3 is 2.28 bits per heavy atom. The van der Waals surface area contributed by atoms with Gasteiger partial charge in [0.05, 0.1) is 0 Å². The molecular formula is C22H26BrClN2O2S. The van der Waals surface area contributed by atoms with Gasteiger partial charge in [-0.1, -0.05) is 39.7 Å². The second kappa shape index (κ2) is 11.6. The molecule has 0 unspecified atom stereocenters. The highest BCUT2D eigenvalue weighted by Crippen LogP contribution is 2.22. The van der Waals surface area contributed by atoms with E-state index in [2.05, 4.69) is 21.2 Å². The maximum atomic E-state index is 13.0. The number of amides is 2. The molecule has 0 bridgehead atoms. The number of rotatable bonds is 9. The van der Waals surface area contributed by atoms with Crippen molar-refractivity contribution in [3.63, 3.8) is 0 Å². The molecule has 2 rings (SSSR count). The van der Waals surface area contributed by atoms with Crippen LogP contribution in [0.5, 0.6) is 0 Å². The van der Waals surface area contributed by atoms with Crippen molar-refractivity contribution in [3.8, 4) is 0 Å². The highest BCUT2D eigenvalue weighted by atomic mass is 79.9. The Bertz CT molecular complexity index is 813. The molecule has 2 aromatic rings. The van der Waals surface area contributed by atoms with Crippen molar-refractivity contribution in [3.05, 3.63) is 63.6 Å². The van der Waals surface area contributed by atoms with Gasteiger partial charge in [0.15, 0.2) is 0 Å². The molecule has 1 N–H and O–H groups in total. The number of thioether (sulfide) groups is 1. The van der Waals surface area contributed by atoms with E-state index < -0.39 is 6.04 Å². The summed E-state index contributed by atoms with van der Waals surface area (Å²) in [6.07, 6.45) is 0.350. The molecule has 0 spiro atoms. The quantitative estimate of drug-likeness (QED) is 0.464. The number of hydrogen-bond acceptors (Lipinski definition) is 3. The monoisotopic (exact) mass is 496 g/mol. The highest BCUT2D eigenvalue weighted by molar-refractivity contribution is 9.10. The third-order valence-electron chi connectivity index (χ3n) is 4.26. The molecule has 7 heteroatoms. The summed E-state index contributed by atoms with van der Waals surface area (Å²) in [7, 11) is 0.